The first-order chi connectivity index (χ1) is 15.5. The minimum atomic E-state index is -0.690. The third-order valence-electron chi connectivity index (χ3n) is 4.06. The Labute approximate surface area is 182 Å². The molecule has 0 radical (unpaired) electrons. The van der Waals surface area contributed by atoms with Gasteiger partial charge in [0.15, 0.2) is 11.5 Å². The molecule has 1 amide bonds. The second-order valence-corrected chi connectivity index (χ2v) is 6.25. The lowest BCUT2D eigenvalue weighted by Crippen LogP contribution is -2.18. The van der Waals surface area contributed by atoms with Gasteiger partial charge in [-0.2, -0.15) is 5.10 Å². The summed E-state index contributed by atoms with van der Waals surface area (Å²) in [6, 6.07) is 14.8. The number of nitrogens with zero attached hydrogens (tertiary/aromatic N) is 3. The number of pyridine rings is 1. The Kier molecular flexibility index (Phi) is 7.20. The largest absolute Gasteiger partial charge is 0.490 e. The van der Waals surface area contributed by atoms with Gasteiger partial charge in [-0.25, -0.2) is 10.2 Å². The van der Waals surface area contributed by atoms with Gasteiger partial charge in [0.2, 0.25) is 0 Å². The smallest absolute Gasteiger partial charge is 0.343 e. The van der Waals surface area contributed by atoms with Crippen molar-refractivity contribution < 1.29 is 24.0 Å². The molecule has 0 saturated carbocycles. The topological polar surface area (TPSA) is 133 Å². The van der Waals surface area contributed by atoms with Crippen molar-refractivity contribution in [1.29, 1.82) is 0 Å². The fourth-order valence-corrected chi connectivity index (χ4v) is 2.56. The number of non-ortho nitro benzene ring substituents is 1. The third kappa shape index (κ3) is 5.72. The monoisotopic (exact) mass is 434 g/mol. The van der Waals surface area contributed by atoms with E-state index in [0.29, 0.717) is 17.9 Å². The molecule has 0 saturated heterocycles. The van der Waals surface area contributed by atoms with Crippen LogP contribution in [0.1, 0.15) is 33.3 Å². The maximum absolute atomic E-state index is 12.4. The van der Waals surface area contributed by atoms with E-state index in [1.165, 1.54) is 42.7 Å². The van der Waals surface area contributed by atoms with Gasteiger partial charge in [-0.1, -0.05) is 6.07 Å². The Morgan fingerprint density at radius 2 is 1.91 bits per heavy atom. The number of benzene rings is 2. The summed E-state index contributed by atoms with van der Waals surface area (Å²) < 4.78 is 10.9. The summed E-state index contributed by atoms with van der Waals surface area (Å²) in [7, 11) is 0. The molecule has 0 aliphatic carbocycles. The Morgan fingerprint density at radius 1 is 1.12 bits per heavy atom. The van der Waals surface area contributed by atoms with Crippen LogP contribution in [0.25, 0.3) is 0 Å². The van der Waals surface area contributed by atoms with E-state index in [2.05, 4.69) is 15.5 Å². The van der Waals surface area contributed by atoms with Gasteiger partial charge in [0, 0.05) is 18.3 Å². The first-order valence-corrected chi connectivity index (χ1v) is 9.46. The predicted octanol–water partition coefficient (Wildman–Crippen LogP) is 3.37. The van der Waals surface area contributed by atoms with Gasteiger partial charge in [-0.15, -0.1) is 0 Å². The number of nitrogens with one attached hydrogen (secondary N) is 1. The van der Waals surface area contributed by atoms with Crippen molar-refractivity contribution in [3.8, 4) is 11.5 Å². The van der Waals surface area contributed by atoms with Crippen molar-refractivity contribution in [2.45, 2.75) is 6.92 Å². The number of carbonyl (C=O) groups is 2. The predicted molar refractivity (Wildman–Crippen MR) is 115 cm³/mol. The summed E-state index contributed by atoms with van der Waals surface area (Å²) in [5.41, 5.74) is 3.22. The van der Waals surface area contributed by atoms with Gasteiger partial charge >= 0.3 is 5.97 Å². The average Bonchev–Trinajstić information content (AvgIpc) is 2.81. The Balaban J connectivity index is 1.70. The highest BCUT2D eigenvalue weighted by atomic mass is 16.6. The van der Waals surface area contributed by atoms with E-state index >= 15 is 0 Å². The van der Waals surface area contributed by atoms with Crippen molar-refractivity contribution in [2.75, 3.05) is 6.61 Å². The molecule has 0 unspecified atom stereocenters. The van der Waals surface area contributed by atoms with E-state index < -0.39 is 16.8 Å². The van der Waals surface area contributed by atoms with Gasteiger partial charge in [0.05, 0.1) is 23.3 Å². The minimum Gasteiger partial charge on any atom is -0.490 e. The maximum Gasteiger partial charge on any atom is 0.343 e. The number of esters is 1. The van der Waals surface area contributed by atoms with Crippen LogP contribution in [0.5, 0.6) is 11.5 Å². The number of hydrazone groups is 1. The molecule has 1 N–H and O–H groups in total. The number of nitro groups is 1. The zero-order valence-electron chi connectivity index (χ0n) is 16.9. The number of rotatable bonds is 8. The molecule has 0 atom stereocenters. The number of hydrogen-bond donors (Lipinski definition) is 1. The number of aromatic nitrogens is 1. The molecule has 32 heavy (non-hydrogen) atoms. The molecule has 0 spiro atoms. The lowest BCUT2D eigenvalue weighted by molar-refractivity contribution is -0.384. The standard InChI is InChI=1S/C22H18N4O6/c1-2-31-20-13-15(14-24-25-21(27)18-5-3-4-12-23-18)6-11-19(20)32-22(28)16-7-9-17(10-8-16)26(29)30/h3-14H,2H2,1H3,(H,25,27)/b24-14-. The van der Waals surface area contributed by atoms with E-state index in [1.54, 1.807) is 37.3 Å². The van der Waals surface area contributed by atoms with Gasteiger partial charge in [-0.3, -0.25) is 19.9 Å². The van der Waals surface area contributed by atoms with E-state index in [0.717, 1.165) is 0 Å². The summed E-state index contributed by atoms with van der Waals surface area (Å²) in [5.74, 6) is -0.682. The maximum atomic E-state index is 12.4. The highest BCUT2D eigenvalue weighted by Gasteiger charge is 2.15. The van der Waals surface area contributed by atoms with Crippen LogP contribution in [0.3, 0.4) is 0 Å². The summed E-state index contributed by atoms with van der Waals surface area (Å²) >= 11 is 0. The number of ether oxygens (including phenoxy) is 2. The molecule has 0 bridgehead atoms. The molecule has 162 valence electrons. The lowest BCUT2D eigenvalue weighted by atomic mass is 10.2. The molecular formula is C22H18N4O6. The second kappa shape index (κ2) is 10.4. The van der Waals surface area contributed by atoms with Crippen LogP contribution in [0.4, 0.5) is 5.69 Å². The molecule has 1 aromatic heterocycles. The van der Waals surface area contributed by atoms with Crippen LogP contribution in [0.2, 0.25) is 0 Å². The van der Waals surface area contributed by atoms with E-state index in [1.807, 2.05) is 0 Å². The highest BCUT2D eigenvalue weighted by Crippen LogP contribution is 2.29. The molecule has 0 aliphatic rings. The van der Waals surface area contributed by atoms with E-state index in [-0.39, 0.29) is 22.7 Å². The fourth-order valence-electron chi connectivity index (χ4n) is 2.56. The fraction of sp³-hybridized carbons (Fsp3) is 0.0909. The SMILES string of the molecule is CCOc1cc(/C=N\NC(=O)c2ccccn2)ccc1OC(=O)c1ccc([N+](=O)[O-])cc1. The molecule has 3 rings (SSSR count). The first kappa shape index (κ1) is 22.1. The second-order valence-electron chi connectivity index (χ2n) is 6.25. The summed E-state index contributed by atoms with van der Waals surface area (Å²) in [4.78, 5) is 38.5. The molecular weight excluding hydrogens is 416 g/mol. The number of nitro benzene ring substituents is 1. The zero-order chi connectivity index (χ0) is 22.9. The molecule has 2 aromatic carbocycles. The molecule has 10 heteroatoms. The highest BCUT2D eigenvalue weighted by molar-refractivity contribution is 5.93. The van der Waals surface area contributed by atoms with E-state index in [9.17, 15) is 19.7 Å². The van der Waals surface area contributed by atoms with Crippen molar-refractivity contribution in [2.24, 2.45) is 5.10 Å². The Bertz CT molecular complexity index is 1150. The molecule has 1 heterocycles. The number of carbonyl (C=O) groups excluding carboxylic acids is 2. The quantitative estimate of drug-likeness (QED) is 0.189. The van der Waals surface area contributed by atoms with Crippen molar-refractivity contribution in [3.63, 3.8) is 0 Å². The van der Waals surface area contributed by atoms with Crippen LogP contribution in [0.15, 0.2) is 72.0 Å². The normalized spacial score (nSPS) is 10.5. The number of amides is 1. The minimum absolute atomic E-state index is 0.129. The van der Waals surface area contributed by atoms with Crippen molar-refractivity contribution in [3.05, 3.63) is 93.8 Å². The molecule has 0 aliphatic heterocycles. The summed E-state index contributed by atoms with van der Waals surface area (Å²) in [5, 5.41) is 14.6. The van der Waals surface area contributed by atoms with Crippen molar-refractivity contribution >= 4 is 23.8 Å². The van der Waals surface area contributed by atoms with Crippen molar-refractivity contribution in [1.82, 2.24) is 10.4 Å². The third-order valence-corrected chi connectivity index (χ3v) is 4.06. The molecule has 0 fully saturated rings. The van der Waals surface area contributed by atoms with E-state index in [4.69, 9.17) is 9.47 Å². The van der Waals surface area contributed by atoms with Gasteiger partial charge in [0.25, 0.3) is 11.6 Å². The summed E-state index contributed by atoms with van der Waals surface area (Å²) in [6.45, 7) is 2.09. The van der Waals surface area contributed by atoms with Gasteiger partial charge < -0.3 is 9.47 Å². The molecule has 3 aromatic rings. The van der Waals surface area contributed by atoms with Gasteiger partial charge in [-0.05, 0) is 55.0 Å². The first-order valence-electron chi connectivity index (χ1n) is 9.46. The van der Waals surface area contributed by atoms with Gasteiger partial charge in [0.1, 0.15) is 5.69 Å². The van der Waals surface area contributed by atoms with Crippen LogP contribution in [0, 0.1) is 10.1 Å². The summed E-state index contributed by atoms with van der Waals surface area (Å²) in [6.07, 6.45) is 2.91. The molecule has 10 nitrogen and oxygen atoms in total. The average molecular weight is 434 g/mol. The van der Waals surface area contributed by atoms with Crippen LogP contribution >= 0.6 is 0 Å². The van der Waals surface area contributed by atoms with Crippen LogP contribution < -0.4 is 14.9 Å². The Hall–Kier alpha value is -4.60. The number of hydrogen-bond acceptors (Lipinski definition) is 8. The Morgan fingerprint density at radius 3 is 2.56 bits per heavy atom. The van der Waals surface area contributed by atoms with Crippen LogP contribution in [-0.2, 0) is 0 Å². The van der Waals surface area contributed by atoms with Crippen LogP contribution in [-0.4, -0.2) is 34.6 Å². The lowest BCUT2D eigenvalue weighted by Gasteiger charge is -2.11. The zero-order valence-corrected chi connectivity index (χ0v) is 16.9.